The SMILES string of the molecule is Cc1cc(C)c(C)c(CCN(C)C(=O)C(C)N)c1C. The molecule has 1 aromatic rings. The molecular formula is C16H26N2O. The number of benzene rings is 1. The van der Waals surface area contributed by atoms with Crippen LogP contribution in [0.4, 0.5) is 0 Å². The number of hydrogen-bond acceptors (Lipinski definition) is 2. The van der Waals surface area contributed by atoms with E-state index in [2.05, 4.69) is 33.8 Å². The molecule has 1 rings (SSSR count). The van der Waals surface area contributed by atoms with Gasteiger partial charge >= 0.3 is 0 Å². The minimum absolute atomic E-state index is 0.000295. The standard InChI is InChI=1S/C16H26N2O/c1-10-9-11(2)13(4)15(12(10)3)7-8-18(6)16(19)14(5)17/h9,14H,7-8,17H2,1-6H3. The molecule has 0 saturated carbocycles. The summed E-state index contributed by atoms with van der Waals surface area (Å²) in [6.07, 6.45) is 0.884. The first-order valence-corrected chi connectivity index (χ1v) is 6.82. The predicted octanol–water partition coefficient (Wildman–Crippen LogP) is 2.27. The molecule has 1 aromatic carbocycles. The highest BCUT2D eigenvalue weighted by molar-refractivity contribution is 5.80. The van der Waals surface area contributed by atoms with Gasteiger partial charge in [0.1, 0.15) is 0 Å². The van der Waals surface area contributed by atoms with Gasteiger partial charge in [-0.1, -0.05) is 6.07 Å². The average molecular weight is 262 g/mol. The fraction of sp³-hybridized carbons (Fsp3) is 0.562. The van der Waals surface area contributed by atoms with Crippen LogP contribution in [0.5, 0.6) is 0 Å². The Labute approximate surface area is 116 Å². The van der Waals surface area contributed by atoms with Crippen molar-refractivity contribution in [2.45, 2.75) is 47.1 Å². The van der Waals surface area contributed by atoms with E-state index in [0.29, 0.717) is 6.54 Å². The lowest BCUT2D eigenvalue weighted by Crippen LogP contribution is -2.40. The Bertz CT molecular complexity index is 452. The summed E-state index contributed by atoms with van der Waals surface area (Å²) in [7, 11) is 1.82. The van der Waals surface area contributed by atoms with Gasteiger partial charge in [-0.3, -0.25) is 4.79 Å². The molecule has 0 bridgehead atoms. The minimum atomic E-state index is -0.425. The van der Waals surface area contributed by atoms with Crippen LogP contribution in [0.2, 0.25) is 0 Å². The molecular weight excluding hydrogens is 236 g/mol. The van der Waals surface area contributed by atoms with Crippen LogP contribution in [0.25, 0.3) is 0 Å². The van der Waals surface area contributed by atoms with E-state index in [-0.39, 0.29) is 5.91 Å². The maximum Gasteiger partial charge on any atom is 0.238 e. The fourth-order valence-corrected chi connectivity index (χ4v) is 2.41. The van der Waals surface area contributed by atoms with Gasteiger partial charge in [-0.15, -0.1) is 0 Å². The number of nitrogens with zero attached hydrogens (tertiary/aromatic N) is 1. The quantitative estimate of drug-likeness (QED) is 0.904. The molecule has 0 aliphatic heterocycles. The number of carbonyl (C=O) groups excluding carboxylic acids is 1. The zero-order valence-electron chi connectivity index (χ0n) is 13.0. The highest BCUT2D eigenvalue weighted by Gasteiger charge is 2.15. The van der Waals surface area contributed by atoms with Crippen LogP contribution >= 0.6 is 0 Å². The summed E-state index contributed by atoms with van der Waals surface area (Å²) in [5, 5.41) is 0. The van der Waals surface area contributed by atoms with Gasteiger partial charge in [0.25, 0.3) is 0 Å². The van der Waals surface area contributed by atoms with Crippen molar-refractivity contribution in [1.82, 2.24) is 4.90 Å². The predicted molar refractivity (Wildman–Crippen MR) is 80.4 cm³/mol. The Morgan fingerprint density at radius 1 is 1.21 bits per heavy atom. The third-order valence-electron chi connectivity index (χ3n) is 3.98. The first-order chi connectivity index (χ1) is 8.75. The molecule has 0 spiro atoms. The molecule has 0 aromatic heterocycles. The van der Waals surface area contributed by atoms with Crippen molar-refractivity contribution in [3.8, 4) is 0 Å². The zero-order valence-corrected chi connectivity index (χ0v) is 13.0. The van der Waals surface area contributed by atoms with Crippen molar-refractivity contribution < 1.29 is 4.79 Å². The monoisotopic (exact) mass is 262 g/mol. The number of nitrogens with two attached hydrogens (primary N) is 1. The summed E-state index contributed by atoms with van der Waals surface area (Å²) in [5.41, 5.74) is 12.3. The van der Waals surface area contributed by atoms with Gasteiger partial charge < -0.3 is 10.6 Å². The lowest BCUT2D eigenvalue weighted by atomic mass is 9.92. The Morgan fingerprint density at radius 3 is 2.11 bits per heavy atom. The van der Waals surface area contributed by atoms with Gasteiger partial charge in [0.15, 0.2) is 0 Å². The number of rotatable bonds is 4. The van der Waals surface area contributed by atoms with Gasteiger partial charge in [0.05, 0.1) is 6.04 Å². The Kier molecular flexibility index (Phi) is 5.12. The zero-order chi connectivity index (χ0) is 14.7. The molecule has 1 unspecified atom stereocenters. The van der Waals surface area contributed by atoms with Crippen molar-refractivity contribution in [2.75, 3.05) is 13.6 Å². The maximum absolute atomic E-state index is 11.8. The third-order valence-corrected chi connectivity index (χ3v) is 3.98. The van der Waals surface area contributed by atoms with Crippen molar-refractivity contribution in [1.29, 1.82) is 0 Å². The summed E-state index contributed by atoms with van der Waals surface area (Å²) in [5.74, 6) is -0.000295. The van der Waals surface area contributed by atoms with Crippen LogP contribution in [0.3, 0.4) is 0 Å². The molecule has 1 atom stereocenters. The topological polar surface area (TPSA) is 46.3 Å². The summed E-state index contributed by atoms with van der Waals surface area (Å²) >= 11 is 0. The number of aryl methyl sites for hydroxylation is 2. The molecule has 3 heteroatoms. The molecule has 2 N–H and O–H groups in total. The minimum Gasteiger partial charge on any atom is -0.344 e. The van der Waals surface area contributed by atoms with Crippen molar-refractivity contribution in [3.63, 3.8) is 0 Å². The highest BCUT2D eigenvalue weighted by Crippen LogP contribution is 2.22. The van der Waals surface area contributed by atoms with E-state index >= 15 is 0 Å². The van der Waals surface area contributed by atoms with Crippen LogP contribution in [0.1, 0.15) is 34.7 Å². The normalized spacial score (nSPS) is 12.4. The van der Waals surface area contributed by atoms with E-state index in [0.717, 1.165) is 6.42 Å². The van der Waals surface area contributed by atoms with Crippen molar-refractivity contribution in [3.05, 3.63) is 33.9 Å². The van der Waals surface area contributed by atoms with Gasteiger partial charge in [0.2, 0.25) is 5.91 Å². The molecule has 3 nitrogen and oxygen atoms in total. The lowest BCUT2D eigenvalue weighted by Gasteiger charge is -2.21. The van der Waals surface area contributed by atoms with Gasteiger partial charge in [0, 0.05) is 13.6 Å². The Balaban J connectivity index is 2.87. The number of likely N-dealkylation sites (N-methyl/N-ethyl adjacent to an activating group) is 1. The summed E-state index contributed by atoms with van der Waals surface area (Å²) in [4.78, 5) is 13.5. The van der Waals surface area contributed by atoms with E-state index in [9.17, 15) is 4.79 Å². The maximum atomic E-state index is 11.8. The molecule has 0 heterocycles. The second-order valence-corrected chi connectivity index (χ2v) is 5.54. The molecule has 0 aliphatic rings. The molecule has 0 saturated heterocycles. The second-order valence-electron chi connectivity index (χ2n) is 5.54. The van der Waals surface area contributed by atoms with E-state index in [1.165, 1.54) is 27.8 Å². The number of carbonyl (C=O) groups is 1. The molecule has 0 fully saturated rings. The van der Waals surface area contributed by atoms with Gasteiger partial charge in [-0.05, 0) is 68.9 Å². The van der Waals surface area contributed by atoms with Gasteiger partial charge in [-0.2, -0.15) is 0 Å². The molecule has 1 amide bonds. The highest BCUT2D eigenvalue weighted by atomic mass is 16.2. The van der Waals surface area contributed by atoms with Crippen molar-refractivity contribution in [2.24, 2.45) is 5.73 Å². The lowest BCUT2D eigenvalue weighted by molar-refractivity contribution is -0.130. The van der Waals surface area contributed by atoms with Crippen LogP contribution < -0.4 is 5.73 Å². The van der Waals surface area contributed by atoms with Crippen LogP contribution in [-0.4, -0.2) is 30.4 Å². The van der Waals surface area contributed by atoms with E-state index in [4.69, 9.17) is 5.73 Å². The number of amides is 1. The first-order valence-electron chi connectivity index (χ1n) is 6.82. The molecule has 106 valence electrons. The van der Waals surface area contributed by atoms with Gasteiger partial charge in [-0.25, -0.2) is 0 Å². The largest absolute Gasteiger partial charge is 0.344 e. The van der Waals surface area contributed by atoms with E-state index in [1.807, 2.05) is 7.05 Å². The average Bonchev–Trinajstić information content (AvgIpc) is 2.35. The van der Waals surface area contributed by atoms with E-state index in [1.54, 1.807) is 11.8 Å². The van der Waals surface area contributed by atoms with Crippen LogP contribution in [0, 0.1) is 27.7 Å². The fourth-order valence-electron chi connectivity index (χ4n) is 2.41. The second kappa shape index (κ2) is 6.20. The molecule has 0 radical (unpaired) electrons. The molecule has 0 aliphatic carbocycles. The van der Waals surface area contributed by atoms with Crippen LogP contribution in [-0.2, 0) is 11.2 Å². The van der Waals surface area contributed by atoms with E-state index < -0.39 is 6.04 Å². The summed E-state index contributed by atoms with van der Waals surface area (Å²) in [6, 6.07) is 1.80. The van der Waals surface area contributed by atoms with Crippen molar-refractivity contribution >= 4 is 5.91 Å². The third kappa shape index (κ3) is 3.57. The van der Waals surface area contributed by atoms with Crippen LogP contribution in [0.15, 0.2) is 6.07 Å². The first kappa shape index (κ1) is 15.7. The number of hydrogen-bond donors (Lipinski definition) is 1. The Morgan fingerprint density at radius 2 is 1.68 bits per heavy atom. The summed E-state index contributed by atoms with van der Waals surface area (Å²) in [6.45, 7) is 11.0. The molecule has 19 heavy (non-hydrogen) atoms. The smallest absolute Gasteiger partial charge is 0.238 e. The Hall–Kier alpha value is -1.35. The summed E-state index contributed by atoms with van der Waals surface area (Å²) < 4.78 is 0.